The Balaban J connectivity index is 1.72. The van der Waals surface area contributed by atoms with E-state index in [1.807, 2.05) is 30.3 Å². The summed E-state index contributed by atoms with van der Waals surface area (Å²) in [5.41, 5.74) is 3.74. The van der Waals surface area contributed by atoms with Crippen molar-refractivity contribution in [2.75, 3.05) is 19.7 Å². The average Bonchev–Trinajstić information content (AvgIpc) is 3.27. The minimum Gasteiger partial charge on any atom is -0.461 e. The molecule has 2 N–H and O–H groups in total. The van der Waals surface area contributed by atoms with Gasteiger partial charge in [0, 0.05) is 35.4 Å². The van der Waals surface area contributed by atoms with Gasteiger partial charge in [-0.15, -0.1) is 0 Å². The molecule has 1 aliphatic heterocycles. The lowest BCUT2D eigenvalue weighted by Gasteiger charge is -2.12. The molecule has 1 fully saturated rings. The first-order chi connectivity index (χ1) is 14.1. The zero-order valence-electron chi connectivity index (χ0n) is 15.9. The summed E-state index contributed by atoms with van der Waals surface area (Å²) in [5, 5.41) is 3.39. The van der Waals surface area contributed by atoms with E-state index in [9.17, 15) is 14.4 Å². The van der Waals surface area contributed by atoms with Gasteiger partial charge >= 0.3 is 12.0 Å². The Morgan fingerprint density at radius 2 is 2.00 bits per heavy atom. The van der Waals surface area contributed by atoms with Gasteiger partial charge in [0.2, 0.25) is 5.91 Å². The smallest absolute Gasteiger partial charge is 0.355 e. The first kappa shape index (κ1) is 18.7. The number of imide groups is 1. The maximum absolute atomic E-state index is 12.5. The largest absolute Gasteiger partial charge is 0.461 e. The fraction of sp³-hybridized carbons (Fsp3) is 0.238. The van der Waals surface area contributed by atoms with Gasteiger partial charge in [0.25, 0.3) is 0 Å². The van der Waals surface area contributed by atoms with E-state index in [1.165, 1.54) is 4.90 Å². The van der Waals surface area contributed by atoms with Gasteiger partial charge in [0.15, 0.2) is 0 Å². The van der Waals surface area contributed by atoms with Crippen LogP contribution in [0.1, 0.15) is 23.0 Å². The van der Waals surface area contributed by atoms with Crippen LogP contribution in [0.4, 0.5) is 4.79 Å². The fourth-order valence-electron chi connectivity index (χ4n) is 3.49. The summed E-state index contributed by atoms with van der Waals surface area (Å²) >= 11 is 0. The first-order valence-corrected chi connectivity index (χ1v) is 9.38. The lowest BCUT2D eigenvalue weighted by molar-refractivity contribution is -0.124. The first-order valence-electron chi connectivity index (χ1n) is 9.38. The fourth-order valence-corrected chi connectivity index (χ4v) is 3.49. The van der Waals surface area contributed by atoms with Crippen molar-refractivity contribution < 1.29 is 19.1 Å². The van der Waals surface area contributed by atoms with E-state index in [2.05, 4.69) is 15.3 Å². The van der Waals surface area contributed by atoms with E-state index in [1.54, 1.807) is 19.3 Å². The number of benzene rings is 1. The molecule has 8 heteroatoms. The van der Waals surface area contributed by atoms with E-state index in [4.69, 9.17) is 4.74 Å². The van der Waals surface area contributed by atoms with Crippen molar-refractivity contribution in [1.29, 1.82) is 0 Å². The number of carbonyl (C=O) groups excluding carboxylic acids is 3. The highest BCUT2D eigenvalue weighted by atomic mass is 16.5. The van der Waals surface area contributed by atoms with Crippen LogP contribution in [0, 0.1) is 0 Å². The number of nitrogens with zero attached hydrogens (tertiary/aromatic N) is 2. The molecule has 0 bridgehead atoms. The number of rotatable bonds is 6. The third-order valence-electron chi connectivity index (χ3n) is 4.87. The Hall–Kier alpha value is -3.68. The molecule has 148 valence electrons. The highest BCUT2D eigenvalue weighted by Crippen LogP contribution is 2.33. The van der Waals surface area contributed by atoms with Crippen LogP contribution in [-0.4, -0.2) is 52.5 Å². The normalized spacial score (nSPS) is 13.8. The van der Waals surface area contributed by atoms with Gasteiger partial charge < -0.3 is 15.0 Å². The number of aromatic nitrogens is 2. The summed E-state index contributed by atoms with van der Waals surface area (Å²) in [4.78, 5) is 44.4. The number of pyridine rings is 1. The molecule has 0 aliphatic carbocycles. The molecule has 2 aromatic heterocycles. The molecule has 1 aromatic carbocycles. The predicted molar refractivity (Wildman–Crippen MR) is 106 cm³/mol. The van der Waals surface area contributed by atoms with Gasteiger partial charge in [-0.2, -0.15) is 0 Å². The maximum atomic E-state index is 12.5. The summed E-state index contributed by atoms with van der Waals surface area (Å²) in [6, 6.07) is 9.10. The highest BCUT2D eigenvalue weighted by Gasteiger charge is 2.28. The molecule has 3 aromatic rings. The lowest BCUT2D eigenvalue weighted by Crippen LogP contribution is -2.32. The second-order valence-corrected chi connectivity index (χ2v) is 6.67. The number of amides is 3. The number of carbonyl (C=O) groups is 3. The standard InChI is InChI=1S/C21H20N4O4/c1-2-29-20(27)19-18(14-5-8-22-9-6-14)15-11-13(3-4-16(15)24-19)7-10-25-17(26)12-23-21(25)28/h3-6,8-9,11,24H,2,7,10,12H2,1H3,(H,23,28). The zero-order chi connectivity index (χ0) is 20.4. The number of hydrogen-bond acceptors (Lipinski definition) is 5. The number of nitrogens with one attached hydrogen (secondary N) is 2. The second kappa shape index (κ2) is 7.75. The summed E-state index contributed by atoms with van der Waals surface area (Å²) in [6.45, 7) is 2.39. The Bertz CT molecular complexity index is 1070. The van der Waals surface area contributed by atoms with Crippen LogP contribution < -0.4 is 5.32 Å². The number of aromatic amines is 1. The number of ether oxygens (including phenoxy) is 1. The molecule has 8 nitrogen and oxygen atoms in total. The minimum atomic E-state index is -0.420. The highest BCUT2D eigenvalue weighted by molar-refractivity contribution is 6.08. The van der Waals surface area contributed by atoms with Crippen molar-refractivity contribution in [1.82, 2.24) is 20.2 Å². The van der Waals surface area contributed by atoms with E-state index in [0.717, 1.165) is 27.6 Å². The molecule has 4 rings (SSSR count). The van der Waals surface area contributed by atoms with Crippen LogP contribution in [0.15, 0.2) is 42.7 Å². The third kappa shape index (κ3) is 3.56. The monoisotopic (exact) mass is 392 g/mol. The molecule has 0 radical (unpaired) electrons. The topological polar surface area (TPSA) is 104 Å². The number of hydrogen-bond donors (Lipinski definition) is 2. The molecule has 0 unspecified atom stereocenters. The van der Waals surface area contributed by atoms with Crippen LogP contribution in [0.25, 0.3) is 22.0 Å². The summed E-state index contributed by atoms with van der Waals surface area (Å²) in [6.07, 6.45) is 3.86. The van der Waals surface area contributed by atoms with Crippen LogP contribution in [0.3, 0.4) is 0 Å². The SMILES string of the molecule is CCOC(=O)c1[nH]c2ccc(CCN3C(=O)CNC3=O)cc2c1-c1ccncc1. The Labute approximate surface area is 166 Å². The molecular weight excluding hydrogens is 372 g/mol. The van der Waals surface area contributed by atoms with Gasteiger partial charge in [0.05, 0.1) is 13.2 Å². The van der Waals surface area contributed by atoms with E-state index in [-0.39, 0.29) is 25.1 Å². The van der Waals surface area contributed by atoms with Crippen LogP contribution >= 0.6 is 0 Å². The molecule has 3 amide bonds. The van der Waals surface area contributed by atoms with E-state index in [0.29, 0.717) is 18.7 Å². The minimum absolute atomic E-state index is 0.0464. The average molecular weight is 392 g/mol. The van der Waals surface area contributed by atoms with Crippen LogP contribution in [0.2, 0.25) is 0 Å². The molecular formula is C21H20N4O4. The summed E-state index contributed by atoms with van der Waals surface area (Å²) in [7, 11) is 0. The quantitative estimate of drug-likeness (QED) is 0.495. The summed E-state index contributed by atoms with van der Waals surface area (Å²) < 4.78 is 5.21. The van der Waals surface area contributed by atoms with Crippen molar-refractivity contribution >= 4 is 28.8 Å². The van der Waals surface area contributed by atoms with E-state index < -0.39 is 5.97 Å². The van der Waals surface area contributed by atoms with Crippen LogP contribution in [0.5, 0.6) is 0 Å². The Morgan fingerprint density at radius 1 is 1.21 bits per heavy atom. The van der Waals surface area contributed by atoms with Gasteiger partial charge in [-0.3, -0.25) is 14.7 Å². The maximum Gasteiger partial charge on any atom is 0.355 e. The van der Waals surface area contributed by atoms with Crippen molar-refractivity contribution in [3.05, 3.63) is 54.0 Å². The molecule has 0 atom stereocenters. The lowest BCUT2D eigenvalue weighted by atomic mass is 10.0. The van der Waals surface area contributed by atoms with Crippen LogP contribution in [-0.2, 0) is 16.0 Å². The number of urea groups is 1. The van der Waals surface area contributed by atoms with Crippen molar-refractivity contribution in [2.45, 2.75) is 13.3 Å². The number of esters is 1. The molecule has 1 aliphatic rings. The third-order valence-corrected chi connectivity index (χ3v) is 4.87. The second-order valence-electron chi connectivity index (χ2n) is 6.67. The van der Waals surface area contributed by atoms with Gasteiger partial charge in [-0.1, -0.05) is 6.07 Å². The molecule has 0 spiro atoms. The van der Waals surface area contributed by atoms with Gasteiger partial charge in [-0.05, 0) is 48.7 Å². The number of H-pyrrole nitrogens is 1. The van der Waals surface area contributed by atoms with Crippen molar-refractivity contribution in [3.8, 4) is 11.1 Å². The van der Waals surface area contributed by atoms with Crippen molar-refractivity contribution in [2.24, 2.45) is 0 Å². The van der Waals surface area contributed by atoms with Crippen molar-refractivity contribution in [3.63, 3.8) is 0 Å². The van der Waals surface area contributed by atoms with E-state index >= 15 is 0 Å². The van der Waals surface area contributed by atoms with Gasteiger partial charge in [0.1, 0.15) is 5.69 Å². The molecule has 29 heavy (non-hydrogen) atoms. The zero-order valence-corrected chi connectivity index (χ0v) is 15.9. The summed E-state index contributed by atoms with van der Waals surface area (Å²) in [5.74, 6) is -0.642. The predicted octanol–water partition coefficient (Wildman–Crippen LogP) is 2.50. The Morgan fingerprint density at radius 3 is 2.69 bits per heavy atom. The molecule has 1 saturated heterocycles. The number of fused-ring (bicyclic) bond motifs is 1. The van der Waals surface area contributed by atoms with Gasteiger partial charge in [-0.25, -0.2) is 9.59 Å². The Kier molecular flexibility index (Phi) is 4.99. The molecule has 0 saturated carbocycles. The molecule has 3 heterocycles.